The molecular weight excluding hydrogens is 152 g/mol. The van der Waals surface area contributed by atoms with Gasteiger partial charge in [0, 0.05) is 0 Å². The molecule has 1 aliphatic carbocycles. The van der Waals surface area contributed by atoms with Crippen LogP contribution in [-0.2, 0) is 9.47 Å². The van der Waals surface area contributed by atoms with Gasteiger partial charge >= 0.3 is 0 Å². The third kappa shape index (κ3) is 2.02. The van der Waals surface area contributed by atoms with Crippen LogP contribution in [0.1, 0.15) is 0 Å². The first-order valence-electron chi connectivity index (χ1n) is 3.72. The number of methoxy groups -OCH3 is 2. The third-order valence-electron chi connectivity index (χ3n) is 1.51. The highest BCUT2D eigenvalue weighted by molar-refractivity contribution is 5.31. The number of allylic oxidation sites excluding steroid dienone is 6. The van der Waals surface area contributed by atoms with Gasteiger partial charge in [0.1, 0.15) is 0 Å². The summed E-state index contributed by atoms with van der Waals surface area (Å²) in [5, 5.41) is 0. The number of hydrogen-bond acceptors (Lipinski definition) is 2. The maximum Gasteiger partial charge on any atom is 0.160 e. The molecule has 0 amide bonds. The number of ether oxygens (including phenoxy) is 2. The Labute approximate surface area is 72.5 Å². The number of rotatable bonds is 2. The molecule has 0 bridgehead atoms. The minimum absolute atomic E-state index is 0.734. The van der Waals surface area contributed by atoms with Gasteiger partial charge < -0.3 is 9.47 Å². The van der Waals surface area contributed by atoms with Crippen LogP contribution in [0.5, 0.6) is 0 Å². The average Bonchev–Trinajstić information content (AvgIpc) is 2.05. The van der Waals surface area contributed by atoms with Crippen LogP contribution in [-0.4, -0.2) is 14.2 Å². The largest absolute Gasteiger partial charge is 0.493 e. The molecule has 0 saturated heterocycles. The lowest BCUT2D eigenvalue weighted by atomic mass is 10.2. The molecule has 1 rings (SSSR count). The first kappa shape index (κ1) is 8.65. The van der Waals surface area contributed by atoms with Crippen molar-refractivity contribution in [2.24, 2.45) is 0 Å². The maximum absolute atomic E-state index is 5.11. The van der Waals surface area contributed by atoms with E-state index in [9.17, 15) is 0 Å². The SMILES string of the molecule is COC1=C(OC)C=CC=CC=C1. The van der Waals surface area contributed by atoms with Crippen LogP contribution in [0.4, 0.5) is 0 Å². The van der Waals surface area contributed by atoms with Crippen LogP contribution in [0, 0.1) is 0 Å². The molecule has 0 fully saturated rings. The molecule has 2 heteroatoms. The van der Waals surface area contributed by atoms with Crippen molar-refractivity contribution in [1.29, 1.82) is 0 Å². The molecule has 1 aliphatic rings. The van der Waals surface area contributed by atoms with Crippen molar-refractivity contribution in [3.63, 3.8) is 0 Å². The average molecular weight is 164 g/mol. The van der Waals surface area contributed by atoms with Crippen molar-refractivity contribution in [2.75, 3.05) is 14.2 Å². The molecule has 0 aromatic heterocycles. The second-order valence-electron chi connectivity index (χ2n) is 2.24. The van der Waals surface area contributed by atoms with Gasteiger partial charge in [0.2, 0.25) is 0 Å². The normalized spacial score (nSPS) is 15.8. The molecule has 0 aromatic carbocycles. The lowest BCUT2D eigenvalue weighted by Crippen LogP contribution is -1.92. The Balaban J connectivity index is 2.95. The minimum Gasteiger partial charge on any atom is -0.493 e. The lowest BCUT2D eigenvalue weighted by molar-refractivity contribution is 0.241. The van der Waals surface area contributed by atoms with Crippen molar-refractivity contribution in [3.8, 4) is 0 Å². The highest BCUT2D eigenvalue weighted by Gasteiger charge is 2.00. The fourth-order valence-corrected chi connectivity index (χ4v) is 0.916. The fourth-order valence-electron chi connectivity index (χ4n) is 0.916. The summed E-state index contributed by atoms with van der Waals surface area (Å²) < 4.78 is 10.2. The summed E-state index contributed by atoms with van der Waals surface area (Å²) in [5.74, 6) is 1.47. The monoisotopic (exact) mass is 164 g/mol. The predicted octanol–water partition coefficient (Wildman–Crippen LogP) is 2.17. The van der Waals surface area contributed by atoms with Crippen molar-refractivity contribution in [3.05, 3.63) is 48.0 Å². The van der Waals surface area contributed by atoms with E-state index in [0.29, 0.717) is 0 Å². The first-order chi connectivity index (χ1) is 5.88. The van der Waals surface area contributed by atoms with Gasteiger partial charge in [-0.1, -0.05) is 24.3 Å². The molecule has 0 N–H and O–H groups in total. The summed E-state index contributed by atoms with van der Waals surface area (Å²) in [6.07, 6.45) is 11.4. The molecule has 0 saturated carbocycles. The molecule has 0 heterocycles. The summed E-state index contributed by atoms with van der Waals surface area (Å²) in [5.41, 5.74) is 0. The van der Waals surface area contributed by atoms with E-state index in [-0.39, 0.29) is 0 Å². The van der Waals surface area contributed by atoms with Crippen molar-refractivity contribution in [1.82, 2.24) is 0 Å². The van der Waals surface area contributed by atoms with E-state index >= 15 is 0 Å². The fraction of sp³-hybridized carbons (Fsp3) is 0.200. The standard InChI is InChI=1S/C10H12O2/c1-11-9-7-5-3-4-6-8-10(9)12-2/h3-8H,1-2H3. The van der Waals surface area contributed by atoms with Crippen molar-refractivity contribution >= 4 is 0 Å². The Bertz CT molecular complexity index is 231. The summed E-state index contributed by atoms with van der Waals surface area (Å²) in [6.45, 7) is 0. The number of hydrogen-bond donors (Lipinski definition) is 0. The summed E-state index contributed by atoms with van der Waals surface area (Å²) in [7, 11) is 3.25. The first-order valence-corrected chi connectivity index (χ1v) is 3.72. The zero-order valence-corrected chi connectivity index (χ0v) is 7.28. The van der Waals surface area contributed by atoms with Crippen LogP contribution in [0.15, 0.2) is 48.0 Å². The highest BCUT2D eigenvalue weighted by atomic mass is 16.5. The molecule has 12 heavy (non-hydrogen) atoms. The smallest absolute Gasteiger partial charge is 0.160 e. The quantitative estimate of drug-likeness (QED) is 0.622. The van der Waals surface area contributed by atoms with Crippen LogP contribution >= 0.6 is 0 Å². The Morgan fingerprint density at radius 3 is 1.50 bits per heavy atom. The molecule has 0 unspecified atom stereocenters. The highest BCUT2D eigenvalue weighted by Crippen LogP contribution is 2.11. The molecular formula is C10H12O2. The summed E-state index contributed by atoms with van der Waals surface area (Å²) in [4.78, 5) is 0. The molecule has 0 aromatic rings. The van der Waals surface area contributed by atoms with Crippen LogP contribution in [0.2, 0.25) is 0 Å². The van der Waals surface area contributed by atoms with Gasteiger partial charge in [-0.2, -0.15) is 0 Å². The van der Waals surface area contributed by atoms with E-state index in [0.717, 1.165) is 11.5 Å². The van der Waals surface area contributed by atoms with Crippen LogP contribution in [0.25, 0.3) is 0 Å². The lowest BCUT2D eigenvalue weighted by Gasteiger charge is -2.06. The summed E-state index contributed by atoms with van der Waals surface area (Å²) in [6, 6.07) is 0. The molecule has 0 aliphatic heterocycles. The molecule has 0 atom stereocenters. The Hall–Kier alpha value is -1.44. The van der Waals surface area contributed by atoms with Gasteiger partial charge in [-0.25, -0.2) is 0 Å². The topological polar surface area (TPSA) is 18.5 Å². The minimum atomic E-state index is 0.734. The van der Waals surface area contributed by atoms with Crippen LogP contribution in [0.3, 0.4) is 0 Å². The second-order valence-corrected chi connectivity index (χ2v) is 2.24. The van der Waals surface area contributed by atoms with E-state index in [4.69, 9.17) is 9.47 Å². The molecule has 0 spiro atoms. The van der Waals surface area contributed by atoms with Gasteiger partial charge in [-0.05, 0) is 12.2 Å². The zero-order valence-electron chi connectivity index (χ0n) is 7.28. The Kier molecular flexibility index (Phi) is 3.20. The Morgan fingerprint density at radius 2 is 1.17 bits per heavy atom. The molecule has 64 valence electrons. The van der Waals surface area contributed by atoms with E-state index in [2.05, 4.69) is 0 Å². The molecule has 2 nitrogen and oxygen atoms in total. The Morgan fingerprint density at radius 1 is 0.750 bits per heavy atom. The van der Waals surface area contributed by atoms with E-state index in [1.165, 1.54) is 0 Å². The van der Waals surface area contributed by atoms with Crippen LogP contribution < -0.4 is 0 Å². The summed E-state index contributed by atoms with van der Waals surface area (Å²) >= 11 is 0. The van der Waals surface area contributed by atoms with E-state index in [1.54, 1.807) is 14.2 Å². The van der Waals surface area contributed by atoms with Gasteiger partial charge in [-0.15, -0.1) is 0 Å². The van der Waals surface area contributed by atoms with E-state index in [1.807, 2.05) is 36.5 Å². The van der Waals surface area contributed by atoms with E-state index < -0.39 is 0 Å². The van der Waals surface area contributed by atoms with Gasteiger partial charge in [-0.3, -0.25) is 0 Å². The van der Waals surface area contributed by atoms with Crippen molar-refractivity contribution < 1.29 is 9.47 Å². The second kappa shape index (κ2) is 4.44. The van der Waals surface area contributed by atoms with Gasteiger partial charge in [0.25, 0.3) is 0 Å². The maximum atomic E-state index is 5.11. The van der Waals surface area contributed by atoms with Gasteiger partial charge in [0.15, 0.2) is 11.5 Å². The molecule has 0 radical (unpaired) electrons. The van der Waals surface area contributed by atoms with Crippen molar-refractivity contribution in [2.45, 2.75) is 0 Å². The zero-order chi connectivity index (χ0) is 8.81. The van der Waals surface area contributed by atoms with Gasteiger partial charge in [0.05, 0.1) is 14.2 Å². The predicted molar refractivity (Wildman–Crippen MR) is 48.5 cm³/mol. The third-order valence-corrected chi connectivity index (χ3v) is 1.51.